The van der Waals surface area contributed by atoms with Crippen molar-refractivity contribution in [1.29, 1.82) is 0 Å². The van der Waals surface area contributed by atoms with E-state index in [1.54, 1.807) is 0 Å². The number of fused-ring (bicyclic) bond motifs is 1. The standard InChI is InChI=1S/C25H26O6/c1-14(2)5-4-6-15(3)7-12-18-19(27)13-20-21(22(18)28)23(29)24(30)25(31-20)16-8-10-17(26)11-9-16/h5,7-11,13,26-28,30H,4,6,12H2,1-3H3/b15-7-. The van der Waals surface area contributed by atoms with E-state index in [1.807, 2.05) is 26.8 Å². The van der Waals surface area contributed by atoms with Crippen LogP contribution in [0.4, 0.5) is 0 Å². The molecule has 1 aromatic heterocycles. The van der Waals surface area contributed by atoms with Crippen molar-refractivity contribution in [2.45, 2.75) is 40.0 Å². The number of allylic oxidation sites excluding steroid dienone is 4. The van der Waals surface area contributed by atoms with E-state index in [-0.39, 0.29) is 40.2 Å². The molecule has 0 spiro atoms. The molecule has 0 saturated carbocycles. The third-order valence-corrected chi connectivity index (χ3v) is 5.09. The van der Waals surface area contributed by atoms with E-state index in [1.165, 1.54) is 35.9 Å². The predicted molar refractivity (Wildman–Crippen MR) is 121 cm³/mol. The summed E-state index contributed by atoms with van der Waals surface area (Å²) in [6.45, 7) is 6.05. The van der Waals surface area contributed by atoms with Gasteiger partial charge in [0.1, 0.15) is 28.2 Å². The lowest BCUT2D eigenvalue weighted by Crippen LogP contribution is -2.04. The highest BCUT2D eigenvalue weighted by atomic mass is 16.4. The Balaban J connectivity index is 2.02. The van der Waals surface area contributed by atoms with Crippen molar-refractivity contribution in [1.82, 2.24) is 0 Å². The minimum atomic E-state index is -0.799. The molecule has 1 heterocycles. The van der Waals surface area contributed by atoms with Crippen molar-refractivity contribution >= 4 is 11.0 Å². The Hall–Kier alpha value is -3.67. The average molecular weight is 422 g/mol. The Labute approximate surface area is 180 Å². The fourth-order valence-electron chi connectivity index (χ4n) is 3.33. The fraction of sp³-hybridized carbons (Fsp3) is 0.240. The van der Waals surface area contributed by atoms with Gasteiger partial charge in [-0.2, -0.15) is 0 Å². The zero-order valence-corrected chi connectivity index (χ0v) is 17.8. The van der Waals surface area contributed by atoms with Gasteiger partial charge in [0.05, 0.1) is 0 Å². The first-order valence-corrected chi connectivity index (χ1v) is 10.0. The van der Waals surface area contributed by atoms with Gasteiger partial charge in [-0.15, -0.1) is 0 Å². The Morgan fingerprint density at radius 2 is 1.65 bits per heavy atom. The zero-order valence-electron chi connectivity index (χ0n) is 17.8. The molecule has 2 aromatic carbocycles. The molecule has 162 valence electrons. The van der Waals surface area contributed by atoms with Gasteiger partial charge in [-0.05, 0) is 64.3 Å². The highest BCUT2D eigenvalue weighted by Gasteiger charge is 2.21. The topological polar surface area (TPSA) is 111 Å². The largest absolute Gasteiger partial charge is 0.508 e. The molecule has 0 aliphatic heterocycles. The summed E-state index contributed by atoms with van der Waals surface area (Å²) in [4.78, 5) is 12.8. The summed E-state index contributed by atoms with van der Waals surface area (Å²) in [5.74, 6) is -1.36. The van der Waals surface area contributed by atoms with Gasteiger partial charge >= 0.3 is 0 Å². The van der Waals surface area contributed by atoms with Gasteiger partial charge in [0, 0.05) is 17.2 Å². The van der Waals surface area contributed by atoms with Gasteiger partial charge < -0.3 is 24.8 Å². The van der Waals surface area contributed by atoms with Crippen LogP contribution in [0.15, 0.2) is 62.8 Å². The number of aromatic hydroxyl groups is 4. The minimum Gasteiger partial charge on any atom is -0.508 e. The maximum Gasteiger partial charge on any atom is 0.238 e. The van der Waals surface area contributed by atoms with Crippen LogP contribution in [0.3, 0.4) is 0 Å². The molecule has 31 heavy (non-hydrogen) atoms. The van der Waals surface area contributed by atoms with Gasteiger partial charge in [-0.3, -0.25) is 4.79 Å². The second-order valence-electron chi connectivity index (χ2n) is 7.83. The van der Waals surface area contributed by atoms with Crippen LogP contribution >= 0.6 is 0 Å². The third-order valence-electron chi connectivity index (χ3n) is 5.09. The summed E-state index contributed by atoms with van der Waals surface area (Å²) < 4.78 is 5.64. The Bertz CT molecular complexity index is 1230. The first-order chi connectivity index (χ1) is 14.7. The SMILES string of the molecule is CC(C)=CCC/C(C)=C\Cc1c(O)cc2oc(-c3ccc(O)cc3)c(O)c(=O)c2c1O. The van der Waals surface area contributed by atoms with E-state index < -0.39 is 16.9 Å². The first kappa shape index (κ1) is 22.0. The van der Waals surface area contributed by atoms with E-state index >= 15 is 0 Å². The zero-order chi connectivity index (χ0) is 22.7. The fourth-order valence-corrected chi connectivity index (χ4v) is 3.33. The normalized spacial score (nSPS) is 11.6. The maximum atomic E-state index is 12.8. The smallest absolute Gasteiger partial charge is 0.238 e. The molecule has 0 saturated heterocycles. The predicted octanol–water partition coefficient (Wildman–Crippen LogP) is 5.52. The van der Waals surface area contributed by atoms with E-state index in [4.69, 9.17) is 4.42 Å². The van der Waals surface area contributed by atoms with E-state index in [0.717, 1.165) is 18.4 Å². The summed E-state index contributed by atoms with van der Waals surface area (Å²) in [5, 5.41) is 40.8. The van der Waals surface area contributed by atoms with E-state index in [2.05, 4.69) is 6.08 Å². The monoisotopic (exact) mass is 422 g/mol. The molecule has 3 rings (SSSR count). The number of phenols is 3. The van der Waals surface area contributed by atoms with Crippen LogP contribution in [-0.4, -0.2) is 20.4 Å². The molecular formula is C25H26O6. The lowest BCUT2D eigenvalue weighted by Gasteiger charge is -2.11. The molecule has 6 heteroatoms. The van der Waals surface area contributed by atoms with Crippen molar-refractivity contribution in [3.8, 4) is 34.3 Å². The lowest BCUT2D eigenvalue weighted by atomic mass is 10.0. The van der Waals surface area contributed by atoms with Gasteiger partial charge in [-0.1, -0.05) is 23.3 Å². The molecule has 0 aliphatic carbocycles. The quantitative estimate of drug-likeness (QED) is 0.389. The number of rotatable bonds is 6. The van der Waals surface area contributed by atoms with Crippen molar-refractivity contribution in [3.63, 3.8) is 0 Å². The molecule has 3 aromatic rings. The van der Waals surface area contributed by atoms with Crippen LogP contribution in [0.25, 0.3) is 22.3 Å². The van der Waals surface area contributed by atoms with Gasteiger partial charge in [0.2, 0.25) is 11.2 Å². The van der Waals surface area contributed by atoms with Gasteiger partial charge in [0.25, 0.3) is 0 Å². The summed E-state index contributed by atoms with van der Waals surface area (Å²) in [7, 11) is 0. The highest BCUT2D eigenvalue weighted by molar-refractivity contribution is 5.89. The third kappa shape index (κ3) is 4.74. The van der Waals surface area contributed by atoms with Gasteiger partial charge in [-0.25, -0.2) is 0 Å². The molecule has 0 unspecified atom stereocenters. The van der Waals surface area contributed by atoms with Crippen LogP contribution < -0.4 is 5.43 Å². The van der Waals surface area contributed by atoms with Crippen LogP contribution in [0.5, 0.6) is 23.0 Å². The second-order valence-corrected chi connectivity index (χ2v) is 7.83. The molecule has 0 bridgehead atoms. The molecular weight excluding hydrogens is 396 g/mol. The molecule has 0 amide bonds. The van der Waals surface area contributed by atoms with Gasteiger partial charge in [0.15, 0.2) is 5.76 Å². The van der Waals surface area contributed by atoms with Crippen molar-refractivity contribution < 1.29 is 24.8 Å². The number of benzene rings is 2. The minimum absolute atomic E-state index is 0.0236. The van der Waals surface area contributed by atoms with E-state index in [0.29, 0.717) is 5.56 Å². The molecule has 0 radical (unpaired) electrons. The van der Waals surface area contributed by atoms with Crippen LogP contribution in [0.2, 0.25) is 0 Å². The molecule has 0 aliphatic rings. The van der Waals surface area contributed by atoms with E-state index in [9.17, 15) is 25.2 Å². The Morgan fingerprint density at radius 1 is 0.968 bits per heavy atom. The molecule has 6 nitrogen and oxygen atoms in total. The molecule has 0 atom stereocenters. The highest BCUT2D eigenvalue weighted by Crippen LogP contribution is 2.39. The summed E-state index contributed by atoms with van der Waals surface area (Å²) in [5.41, 5.74) is 2.05. The van der Waals surface area contributed by atoms with Crippen molar-refractivity contribution in [2.24, 2.45) is 0 Å². The number of hydrogen-bond acceptors (Lipinski definition) is 6. The number of hydrogen-bond donors (Lipinski definition) is 4. The van der Waals surface area contributed by atoms with Crippen LogP contribution in [0.1, 0.15) is 39.2 Å². The van der Waals surface area contributed by atoms with Crippen LogP contribution in [-0.2, 0) is 6.42 Å². The number of phenolic OH excluding ortho intramolecular Hbond substituents is 3. The summed E-state index contributed by atoms with van der Waals surface area (Å²) in [6, 6.07) is 7.01. The van der Waals surface area contributed by atoms with Crippen molar-refractivity contribution in [2.75, 3.05) is 0 Å². The van der Waals surface area contributed by atoms with Crippen molar-refractivity contribution in [3.05, 3.63) is 69.4 Å². The maximum absolute atomic E-state index is 12.8. The first-order valence-electron chi connectivity index (χ1n) is 10.0. The summed E-state index contributed by atoms with van der Waals surface area (Å²) >= 11 is 0. The Kier molecular flexibility index (Phi) is 6.39. The van der Waals surface area contributed by atoms with Crippen LogP contribution in [0, 0.1) is 0 Å². The summed E-state index contributed by atoms with van der Waals surface area (Å²) in [6.07, 6.45) is 6.01. The Morgan fingerprint density at radius 3 is 2.29 bits per heavy atom. The molecule has 0 fully saturated rings. The average Bonchev–Trinajstić information content (AvgIpc) is 2.70. The molecule has 4 N–H and O–H groups in total. The second kappa shape index (κ2) is 9.00. The lowest BCUT2D eigenvalue weighted by molar-refractivity contribution is 0.433.